The highest BCUT2D eigenvalue weighted by Gasteiger charge is 2.53. The second kappa shape index (κ2) is 11.3. The van der Waals surface area contributed by atoms with Crippen molar-refractivity contribution in [3.8, 4) is 0 Å². The lowest BCUT2D eigenvalue weighted by Gasteiger charge is -2.46. The van der Waals surface area contributed by atoms with Crippen LogP contribution in [0.15, 0.2) is 70.3 Å². The first kappa shape index (κ1) is 29.4. The minimum atomic E-state index is -2.89. The van der Waals surface area contributed by atoms with Crippen molar-refractivity contribution in [3.63, 3.8) is 0 Å². The summed E-state index contributed by atoms with van der Waals surface area (Å²) in [4.78, 5) is 32.0. The molecule has 2 aromatic carbocycles. The van der Waals surface area contributed by atoms with Crippen LogP contribution in [-0.2, 0) is 9.16 Å². The molecule has 0 saturated carbocycles. The number of thiazole rings is 1. The van der Waals surface area contributed by atoms with Gasteiger partial charge in [0.15, 0.2) is 5.65 Å². The van der Waals surface area contributed by atoms with Crippen molar-refractivity contribution in [3.05, 3.63) is 80.7 Å². The van der Waals surface area contributed by atoms with E-state index in [4.69, 9.17) is 14.9 Å². The Kier molecular flexibility index (Phi) is 8.10. The van der Waals surface area contributed by atoms with E-state index in [0.717, 1.165) is 21.7 Å². The van der Waals surface area contributed by atoms with Gasteiger partial charge in [0, 0.05) is 5.92 Å². The number of nitrogen functional groups attached to an aromatic ring is 1. The van der Waals surface area contributed by atoms with E-state index in [1.165, 1.54) is 4.57 Å². The lowest BCUT2D eigenvalue weighted by atomic mass is 9.95. The smallest absolute Gasteiger partial charge is 0.311 e. The summed E-state index contributed by atoms with van der Waals surface area (Å²) in [5.74, 6) is -0.506. The molecular formula is C30H38N4O5SSi. The number of nitrogens with two attached hydrogens (primary N) is 1. The number of ether oxygens (including phenoxy) is 1. The molecule has 41 heavy (non-hydrogen) atoms. The van der Waals surface area contributed by atoms with Crippen molar-refractivity contribution in [2.24, 2.45) is 5.92 Å². The standard InChI is InChI=1S/C30H38N4O5SSi/c1-6-22(39-41(30(3,4)5,19-13-9-7-10-14-19)20-15-11-8-12-16-20)23-17-21(18(2)35)27(38-23)34-25-24(40-29(34)37)26(36)33-28(31)32-25/h7-16,18,21-23,27,35H,6,17H2,1-5H3,(H3,31,32,33,36)/t18-,21+,22+,23+,27-/m1/s1. The molecule has 1 fully saturated rings. The number of fused-ring (bicyclic) bond motifs is 1. The van der Waals surface area contributed by atoms with E-state index in [9.17, 15) is 14.7 Å². The fourth-order valence-electron chi connectivity index (χ4n) is 6.16. The van der Waals surface area contributed by atoms with E-state index in [2.05, 4.69) is 86.2 Å². The van der Waals surface area contributed by atoms with Crippen molar-refractivity contribution in [1.82, 2.24) is 14.5 Å². The Labute approximate surface area is 244 Å². The number of hydrogen-bond donors (Lipinski definition) is 3. The third-order valence-corrected chi connectivity index (χ3v) is 14.1. The van der Waals surface area contributed by atoms with Gasteiger partial charge in [0.05, 0.1) is 18.3 Å². The van der Waals surface area contributed by atoms with Crippen molar-refractivity contribution in [2.45, 2.75) is 77.0 Å². The van der Waals surface area contributed by atoms with Crippen LogP contribution in [0.25, 0.3) is 10.3 Å². The number of H-pyrrole nitrogens is 1. The van der Waals surface area contributed by atoms with Crippen LogP contribution in [-0.4, -0.2) is 46.3 Å². The molecule has 218 valence electrons. The second-order valence-corrected chi connectivity index (χ2v) is 17.0. The largest absolute Gasteiger partial charge is 0.402 e. The van der Waals surface area contributed by atoms with Crippen molar-refractivity contribution < 1.29 is 14.3 Å². The normalized spacial score (nSPS) is 21.3. The summed E-state index contributed by atoms with van der Waals surface area (Å²) in [6, 6.07) is 20.8. The molecule has 1 saturated heterocycles. The molecule has 0 aliphatic carbocycles. The molecule has 3 heterocycles. The molecule has 1 aliphatic heterocycles. The fraction of sp³-hybridized carbons (Fsp3) is 0.433. The van der Waals surface area contributed by atoms with Crippen molar-refractivity contribution >= 4 is 46.3 Å². The van der Waals surface area contributed by atoms with Crippen LogP contribution in [0.1, 0.15) is 53.7 Å². The summed E-state index contributed by atoms with van der Waals surface area (Å²) in [5, 5.41) is 12.9. The lowest BCUT2D eigenvalue weighted by molar-refractivity contribution is -0.0690. The molecule has 5 atom stereocenters. The van der Waals surface area contributed by atoms with Crippen LogP contribution in [0.3, 0.4) is 0 Å². The van der Waals surface area contributed by atoms with Crippen LogP contribution in [0, 0.1) is 5.92 Å². The van der Waals surface area contributed by atoms with E-state index in [-0.39, 0.29) is 32.3 Å². The van der Waals surface area contributed by atoms with Gasteiger partial charge in [0.1, 0.15) is 10.9 Å². The average Bonchev–Trinajstić information content (AvgIpc) is 3.50. The van der Waals surface area contributed by atoms with Gasteiger partial charge in [-0.2, -0.15) is 4.98 Å². The molecule has 5 rings (SSSR count). The zero-order valence-electron chi connectivity index (χ0n) is 24.0. The third-order valence-electron chi connectivity index (χ3n) is 8.11. The van der Waals surface area contributed by atoms with Crippen LogP contribution in [0.2, 0.25) is 5.04 Å². The summed E-state index contributed by atoms with van der Waals surface area (Å²) in [5.41, 5.74) is 5.52. The first-order chi connectivity index (χ1) is 19.5. The predicted octanol–water partition coefficient (Wildman–Crippen LogP) is 3.37. The molecule has 4 aromatic rings. The number of hydrogen-bond acceptors (Lipinski definition) is 8. The molecular weight excluding hydrogens is 557 g/mol. The van der Waals surface area contributed by atoms with Gasteiger partial charge < -0.3 is 20.0 Å². The first-order valence-electron chi connectivity index (χ1n) is 14.0. The number of aliphatic hydroxyl groups is 1. The number of nitrogens with zero attached hydrogens (tertiary/aromatic N) is 2. The van der Waals surface area contributed by atoms with E-state index < -0.39 is 38.2 Å². The summed E-state index contributed by atoms with van der Waals surface area (Å²) >= 11 is 0.798. The van der Waals surface area contributed by atoms with Gasteiger partial charge in [0.25, 0.3) is 13.9 Å². The van der Waals surface area contributed by atoms with Crippen LogP contribution in [0.5, 0.6) is 0 Å². The minimum Gasteiger partial charge on any atom is -0.402 e. The first-order valence-corrected chi connectivity index (χ1v) is 16.7. The highest BCUT2D eigenvalue weighted by atomic mass is 32.1. The van der Waals surface area contributed by atoms with Gasteiger partial charge in [-0.05, 0) is 35.2 Å². The molecule has 2 aromatic heterocycles. The maximum atomic E-state index is 13.2. The molecule has 0 radical (unpaired) electrons. The molecule has 0 bridgehead atoms. The zero-order valence-corrected chi connectivity index (χ0v) is 25.9. The quantitative estimate of drug-likeness (QED) is 0.267. The molecule has 4 N–H and O–H groups in total. The SMILES string of the molecule is CC[C@H](O[Si](c1ccccc1)(c1ccccc1)C(C)(C)C)[C@@H]1C[C@@H]([C@@H](C)O)[C@H](n2c(=O)sc3c(=O)[nH]c(N)nc32)O1. The Balaban J connectivity index is 1.59. The van der Waals surface area contributed by atoms with Crippen LogP contribution < -0.4 is 26.5 Å². The molecule has 0 spiro atoms. The molecule has 9 nitrogen and oxygen atoms in total. The number of anilines is 1. The van der Waals surface area contributed by atoms with Crippen molar-refractivity contribution in [2.75, 3.05) is 5.73 Å². The summed E-state index contributed by atoms with van der Waals surface area (Å²) < 4.78 is 15.6. The Morgan fingerprint density at radius 3 is 2.24 bits per heavy atom. The Morgan fingerprint density at radius 1 is 1.15 bits per heavy atom. The summed E-state index contributed by atoms with van der Waals surface area (Å²) in [7, 11) is -2.89. The van der Waals surface area contributed by atoms with E-state index in [0.29, 0.717) is 12.8 Å². The number of aromatic amines is 1. The van der Waals surface area contributed by atoms with Gasteiger partial charge in [-0.15, -0.1) is 0 Å². The molecule has 0 unspecified atom stereocenters. The second-order valence-electron chi connectivity index (χ2n) is 11.8. The van der Waals surface area contributed by atoms with Gasteiger partial charge in [0.2, 0.25) is 5.95 Å². The minimum absolute atomic E-state index is 0.0846. The third kappa shape index (κ3) is 5.21. The van der Waals surface area contributed by atoms with Gasteiger partial charge in [-0.3, -0.25) is 19.1 Å². The maximum Gasteiger partial charge on any atom is 0.311 e. The highest BCUT2D eigenvalue weighted by Crippen LogP contribution is 2.43. The number of rotatable bonds is 8. The Bertz CT molecular complexity index is 1570. The lowest BCUT2D eigenvalue weighted by Crippen LogP contribution is -2.68. The molecule has 11 heteroatoms. The predicted molar refractivity (Wildman–Crippen MR) is 165 cm³/mol. The number of nitrogens with one attached hydrogen (secondary N) is 1. The van der Waals surface area contributed by atoms with Crippen molar-refractivity contribution in [1.29, 1.82) is 0 Å². The Hall–Kier alpha value is -3.09. The van der Waals surface area contributed by atoms with Crippen LogP contribution in [0.4, 0.5) is 5.95 Å². The fourth-order valence-corrected chi connectivity index (χ4v) is 11.8. The van der Waals surface area contributed by atoms with Crippen LogP contribution >= 0.6 is 11.3 Å². The van der Waals surface area contributed by atoms with Gasteiger partial charge in [-0.25, -0.2) is 0 Å². The monoisotopic (exact) mass is 594 g/mol. The van der Waals surface area contributed by atoms with E-state index >= 15 is 0 Å². The number of aliphatic hydroxyl groups excluding tert-OH is 1. The average molecular weight is 595 g/mol. The molecule has 1 aliphatic rings. The number of benzene rings is 2. The topological polar surface area (TPSA) is 132 Å². The van der Waals surface area contributed by atoms with E-state index in [1.807, 2.05) is 12.1 Å². The maximum absolute atomic E-state index is 13.2. The molecule has 0 amide bonds. The highest BCUT2D eigenvalue weighted by molar-refractivity contribution is 7.16. The number of aromatic nitrogens is 3. The Morgan fingerprint density at radius 2 is 1.73 bits per heavy atom. The van der Waals surface area contributed by atoms with E-state index in [1.54, 1.807) is 6.92 Å². The zero-order chi connectivity index (χ0) is 29.5. The van der Waals surface area contributed by atoms with Gasteiger partial charge in [-0.1, -0.05) is 99.7 Å². The summed E-state index contributed by atoms with van der Waals surface area (Å²) in [6.07, 6.45) is -1.20. The summed E-state index contributed by atoms with van der Waals surface area (Å²) in [6.45, 7) is 10.5. The van der Waals surface area contributed by atoms with Gasteiger partial charge >= 0.3 is 4.87 Å².